The number of hydrogen-bond acceptors (Lipinski definition) is 2. The smallest absolute Gasteiger partial charge is 0.254 e. The third-order valence-corrected chi connectivity index (χ3v) is 3.51. The van der Waals surface area contributed by atoms with Crippen LogP contribution in [0.2, 0.25) is 0 Å². The lowest BCUT2D eigenvalue weighted by Crippen LogP contribution is -2.18. The second-order valence-electron chi connectivity index (χ2n) is 4.95. The van der Waals surface area contributed by atoms with Gasteiger partial charge < -0.3 is 4.98 Å². The monoisotopic (exact) mass is 232 g/mol. The zero-order valence-electron chi connectivity index (χ0n) is 10.8. The second kappa shape index (κ2) is 4.86. The van der Waals surface area contributed by atoms with Crippen molar-refractivity contribution in [3.8, 4) is 0 Å². The molecule has 2 rings (SSSR count). The van der Waals surface area contributed by atoms with Crippen LogP contribution < -0.4 is 5.56 Å². The Morgan fingerprint density at radius 3 is 2.88 bits per heavy atom. The molecule has 1 aliphatic rings. The minimum Gasteiger partial charge on any atom is -0.310 e. The van der Waals surface area contributed by atoms with Crippen molar-refractivity contribution in [1.82, 2.24) is 9.97 Å². The summed E-state index contributed by atoms with van der Waals surface area (Å²) in [5.74, 6) is 1.54. The first kappa shape index (κ1) is 12.1. The Bertz CT molecular complexity index is 499. The molecule has 1 aromatic rings. The molecule has 0 aromatic carbocycles. The zero-order chi connectivity index (χ0) is 12.4. The minimum atomic E-state index is 0.00590. The van der Waals surface area contributed by atoms with E-state index in [0.29, 0.717) is 0 Å². The van der Waals surface area contributed by atoms with Gasteiger partial charge in [0.15, 0.2) is 0 Å². The fourth-order valence-electron chi connectivity index (χ4n) is 2.24. The number of nitrogens with zero attached hydrogens (tertiary/aromatic N) is 1. The number of nitrogens with one attached hydrogen (secondary N) is 1. The summed E-state index contributed by atoms with van der Waals surface area (Å²) in [6.07, 6.45) is 6.36. The topological polar surface area (TPSA) is 45.8 Å². The van der Waals surface area contributed by atoms with Crippen molar-refractivity contribution < 1.29 is 0 Å². The van der Waals surface area contributed by atoms with Gasteiger partial charge in [-0.05, 0) is 37.7 Å². The number of H-pyrrole nitrogens is 1. The van der Waals surface area contributed by atoms with Crippen molar-refractivity contribution in [3.05, 3.63) is 33.5 Å². The molecule has 1 atom stereocenters. The van der Waals surface area contributed by atoms with Gasteiger partial charge in [0.2, 0.25) is 0 Å². The molecule has 1 heterocycles. The Morgan fingerprint density at radius 2 is 2.29 bits per heavy atom. The van der Waals surface area contributed by atoms with E-state index in [2.05, 4.69) is 23.0 Å². The van der Waals surface area contributed by atoms with Crippen LogP contribution in [0.5, 0.6) is 0 Å². The second-order valence-corrected chi connectivity index (χ2v) is 4.95. The SMILES string of the molecule is CCc1nc(C2=CCC(C)CC2)c(C)c(=O)[nH]1. The van der Waals surface area contributed by atoms with Gasteiger partial charge >= 0.3 is 0 Å². The average Bonchev–Trinajstić information content (AvgIpc) is 2.34. The lowest BCUT2D eigenvalue weighted by Gasteiger charge is -2.19. The van der Waals surface area contributed by atoms with Crippen LogP contribution in [0, 0.1) is 12.8 Å². The molecule has 1 unspecified atom stereocenters. The molecule has 3 heteroatoms. The van der Waals surface area contributed by atoms with Crippen LogP contribution in [0.25, 0.3) is 5.57 Å². The average molecular weight is 232 g/mol. The van der Waals surface area contributed by atoms with Gasteiger partial charge in [-0.3, -0.25) is 4.79 Å². The van der Waals surface area contributed by atoms with Gasteiger partial charge in [-0.15, -0.1) is 0 Å². The Kier molecular flexibility index (Phi) is 3.46. The minimum absolute atomic E-state index is 0.00590. The maximum absolute atomic E-state index is 11.8. The Hall–Kier alpha value is -1.38. The standard InChI is InChI=1S/C14H20N2O/c1-4-12-15-13(10(3)14(17)16-12)11-7-5-9(2)6-8-11/h7,9H,4-6,8H2,1-3H3,(H,15,16,17). The van der Waals surface area contributed by atoms with Gasteiger partial charge in [0.25, 0.3) is 5.56 Å². The molecule has 1 N–H and O–H groups in total. The molecule has 0 bridgehead atoms. The summed E-state index contributed by atoms with van der Waals surface area (Å²) in [6, 6.07) is 0. The van der Waals surface area contributed by atoms with Crippen LogP contribution in [0.4, 0.5) is 0 Å². The molecule has 0 saturated carbocycles. The molecule has 0 aliphatic heterocycles. The summed E-state index contributed by atoms with van der Waals surface area (Å²) in [4.78, 5) is 19.2. The summed E-state index contributed by atoms with van der Waals surface area (Å²) < 4.78 is 0. The predicted molar refractivity (Wildman–Crippen MR) is 70.0 cm³/mol. The molecular formula is C14H20N2O. The lowest BCUT2D eigenvalue weighted by atomic mass is 9.88. The van der Waals surface area contributed by atoms with Gasteiger partial charge in [0.05, 0.1) is 5.69 Å². The van der Waals surface area contributed by atoms with Crippen LogP contribution in [-0.2, 0) is 6.42 Å². The van der Waals surface area contributed by atoms with Gasteiger partial charge in [-0.1, -0.05) is 19.9 Å². The highest BCUT2D eigenvalue weighted by Crippen LogP contribution is 2.29. The molecule has 0 fully saturated rings. The van der Waals surface area contributed by atoms with Crippen molar-refractivity contribution in [3.63, 3.8) is 0 Å². The summed E-state index contributed by atoms with van der Waals surface area (Å²) in [5, 5.41) is 0. The summed E-state index contributed by atoms with van der Waals surface area (Å²) in [6.45, 7) is 6.14. The molecular weight excluding hydrogens is 212 g/mol. The van der Waals surface area contributed by atoms with Crippen LogP contribution in [-0.4, -0.2) is 9.97 Å². The number of aromatic amines is 1. The van der Waals surface area contributed by atoms with Crippen LogP contribution in [0.3, 0.4) is 0 Å². The number of aromatic nitrogens is 2. The van der Waals surface area contributed by atoms with Gasteiger partial charge in [0, 0.05) is 12.0 Å². The van der Waals surface area contributed by atoms with E-state index in [4.69, 9.17) is 0 Å². The fraction of sp³-hybridized carbons (Fsp3) is 0.571. The van der Waals surface area contributed by atoms with E-state index in [1.165, 1.54) is 12.0 Å². The summed E-state index contributed by atoms with van der Waals surface area (Å²) >= 11 is 0. The molecule has 92 valence electrons. The number of hydrogen-bond donors (Lipinski definition) is 1. The van der Waals surface area contributed by atoms with E-state index in [1.54, 1.807) is 0 Å². The summed E-state index contributed by atoms with van der Waals surface area (Å²) in [7, 11) is 0. The third kappa shape index (κ3) is 2.48. The van der Waals surface area contributed by atoms with E-state index in [-0.39, 0.29) is 5.56 Å². The van der Waals surface area contributed by atoms with Crippen molar-refractivity contribution in [1.29, 1.82) is 0 Å². The van der Waals surface area contributed by atoms with Gasteiger partial charge in [-0.25, -0.2) is 4.98 Å². The highest BCUT2D eigenvalue weighted by molar-refractivity contribution is 5.65. The van der Waals surface area contributed by atoms with Crippen molar-refractivity contribution >= 4 is 5.57 Å². The van der Waals surface area contributed by atoms with Crippen molar-refractivity contribution in [2.24, 2.45) is 5.92 Å². The lowest BCUT2D eigenvalue weighted by molar-refractivity contribution is 0.533. The first-order valence-electron chi connectivity index (χ1n) is 6.41. The first-order valence-corrected chi connectivity index (χ1v) is 6.41. The van der Waals surface area contributed by atoms with Gasteiger partial charge in [0.1, 0.15) is 5.82 Å². The van der Waals surface area contributed by atoms with E-state index in [0.717, 1.165) is 42.3 Å². The maximum Gasteiger partial charge on any atom is 0.254 e. The van der Waals surface area contributed by atoms with E-state index in [9.17, 15) is 4.79 Å². The fourth-order valence-corrected chi connectivity index (χ4v) is 2.24. The highest BCUT2D eigenvalue weighted by Gasteiger charge is 2.16. The van der Waals surface area contributed by atoms with Crippen LogP contribution >= 0.6 is 0 Å². The molecule has 0 saturated heterocycles. The zero-order valence-corrected chi connectivity index (χ0v) is 10.8. The van der Waals surface area contributed by atoms with Crippen LogP contribution in [0.15, 0.2) is 10.9 Å². The number of aryl methyl sites for hydroxylation is 1. The Morgan fingerprint density at radius 1 is 1.53 bits per heavy atom. The van der Waals surface area contributed by atoms with Crippen molar-refractivity contribution in [2.75, 3.05) is 0 Å². The number of allylic oxidation sites excluding steroid dienone is 2. The van der Waals surface area contributed by atoms with Crippen LogP contribution in [0.1, 0.15) is 50.2 Å². The first-order chi connectivity index (χ1) is 8.11. The normalized spacial score (nSPS) is 20.2. The molecule has 17 heavy (non-hydrogen) atoms. The molecule has 0 radical (unpaired) electrons. The third-order valence-electron chi connectivity index (χ3n) is 3.51. The van der Waals surface area contributed by atoms with E-state index >= 15 is 0 Å². The molecule has 0 amide bonds. The van der Waals surface area contributed by atoms with E-state index in [1.807, 2.05) is 13.8 Å². The maximum atomic E-state index is 11.8. The van der Waals surface area contributed by atoms with E-state index < -0.39 is 0 Å². The predicted octanol–water partition coefficient (Wildman–Crippen LogP) is 2.84. The number of rotatable bonds is 2. The summed E-state index contributed by atoms with van der Waals surface area (Å²) in [5.41, 5.74) is 2.92. The molecule has 1 aromatic heterocycles. The highest BCUT2D eigenvalue weighted by atomic mass is 16.1. The Labute approximate surface area is 102 Å². The molecule has 3 nitrogen and oxygen atoms in total. The van der Waals surface area contributed by atoms with Crippen molar-refractivity contribution in [2.45, 2.75) is 46.5 Å². The molecule has 0 spiro atoms. The quantitative estimate of drug-likeness (QED) is 0.852. The Balaban J connectivity index is 2.44. The van der Waals surface area contributed by atoms with Gasteiger partial charge in [-0.2, -0.15) is 0 Å². The molecule has 1 aliphatic carbocycles. The largest absolute Gasteiger partial charge is 0.310 e.